The normalized spacial score (nSPS) is 13.1. The molecule has 8 rings (SSSR count). The molecule has 0 bridgehead atoms. The standard InChI is InChI=1S/C53H46/c1-38(40-25-27-41(28-26-40)39(2)53(49-20-10-5-11-21-49)51-24-14-22-46-19-12-13-23-50(46)51)37-52(47-33-29-44(30-34-47)42-15-6-3-7-16-42)48-35-31-45(32-36-48)43-17-8-4-9-18-43/h3-36,38-39,52-53H,37H2,1-2H3. The third-order valence-corrected chi connectivity index (χ3v) is 11.3. The van der Waals surface area contributed by atoms with Crippen LogP contribution < -0.4 is 0 Å². The first-order valence-corrected chi connectivity index (χ1v) is 19.1. The summed E-state index contributed by atoms with van der Waals surface area (Å²) in [6.07, 6.45) is 1.02. The molecule has 0 fully saturated rings. The van der Waals surface area contributed by atoms with Gasteiger partial charge in [0.25, 0.3) is 0 Å². The van der Waals surface area contributed by atoms with E-state index in [1.807, 2.05) is 0 Å². The minimum atomic E-state index is 0.243. The summed E-state index contributed by atoms with van der Waals surface area (Å²) >= 11 is 0. The molecule has 0 heteroatoms. The Morgan fingerprint density at radius 1 is 0.340 bits per heavy atom. The summed E-state index contributed by atoms with van der Waals surface area (Å²) in [6, 6.07) is 76.0. The Hall–Kier alpha value is -5.98. The van der Waals surface area contributed by atoms with Gasteiger partial charge in [0.1, 0.15) is 0 Å². The molecule has 0 heterocycles. The molecule has 8 aromatic rings. The summed E-state index contributed by atoms with van der Waals surface area (Å²) in [4.78, 5) is 0. The molecule has 0 aromatic heterocycles. The van der Waals surface area contributed by atoms with E-state index in [1.165, 1.54) is 66.4 Å². The second kappa shape index (κ2) is 15.7. The van der Waals surface area contributed by atoms with Crippen LogP contribution in [0.2, 0.25) is 0 Å². The van der Waals surface area contributed by atoms with E-state index in [9.17, 15) is 0 Å². The van der Waals surface area contributed by atoms with Gasteiger partial charge in [0.15, 0.2) is 0 Å². The van der Waals surface area contributed by atoms with E-state index < -0.39 is 0 Å². The zero-order valence-electron chi connectivity index (χ0n) is 30.6. The third kappa shape index (κ3) is 7.50. The molecule has 3 atom stereocenters. The van der Waals surface area contributed by atoms with Gasteiger partial charge in [-0.1, -0.05) is 220 Å². The Labute approximate surface area is 315 Å². The van der Waals surface area contributed by atoms with Gasteiger partial charge in [0, 0.05) is 11.8 Å². The molecule has 0 aliphatic heterocycles. The fraction of sp³-hybridized carbons (Fsp3) is 0.132. The molecular weight excluding hydrogens is 637 g/mol. The average molecular weight is 683 g/mol. The first-order chi connectivity index (χ1) is 26.1. The molecule has 0 saturated carbocycles. The highest BCUT2D eigenvalue weighted by Gasteiger charge is 2.25. The van der Waals surface area contributed by atoms with Crippen LogP contribution in [0, 0.1) is 0 Å². The van der Waals surface area contributed by atoms with Crippen LogP contribution >= 0.6 is 0 Å². The molecular formula is C53H46. The lowest BCUT2D eigenvalue weighted by Gasteiger charge is -2.28. The molecule has 0 aliphatic rings. The third-order valence-electron chi connectivity index (χ3n) is 11.3. The van der Waals surface area contributed by atoms with Crippen LogP contribution in [0.5, 0.6) is 0 Å². The minimum Gasteiger partial charge on any atom is -0.0622 e. The summed E-state index contributed by atoms with van der Waals surface area (Å²) in [5, 5.41) is 2.63. The Morgan fingerprint density at radius 3 is 1.34 bits per heavy atom. The largest absolute Gasteiger partial charge is 0.0622 e. The second-order valence-corrected chi connectivity index (χ2v) is 14.6. The first kappa shape index (κ1) is 34.1. The maximum Gasteiger partial charge on any atom is 0.0161 e. The SMILES string of the molecule is CC(CC(c1ccc(-c2ccccc2)cc1)c1ccc(-c2ccccc2)cc1)c1ccc(C(C)C(c2ccccc2)c2cccc3ccccc23)cc1. The van der Waals surface area contributed by atoms with Crippen molar-refractivity contribution in [3.63, 3.8) is 0 Å². The maximum atomic E-state index is 2.39. The predicted octanol–water partition coefficient (Wildman–Crippen LogP) is 14.4. The van der Waals surface area contributed by atoms with E-state index in [0.717, 1.165) is 6.42 Å². The molecule has 0 spiro atoms. The fourth-order valence-corrected chi connectivity index (χ4v) is 8.27. The van der Waals surface area contributed by atoms with E-state index in [4.69, 9.17) is 0 Å². The predicted molar refractivity (Wildman–Crippen MR) is 226 cm³/mol. The van der Waals surface area contributed by atoms with Gasteiger partial charge in [-0.25, -0.2) is 0 Å². The van der Waals surface area contributed by atoms with Crippen LogP contribution in [-0.2, 0) is 0 Å². The van der Waals surface area contributed by atoms with Gasteiger partial charge in [-0.05, 0) is 84.7 Å². The molecule has 8 aromatic carbocycles. The monoisotopic (exact) mass is 682 g/mol. The lowest BCUT2D eigenvalue weighted by molar-refractivity contribution is 0.615. The lowest BCUT2D eigenvalue weighted by Crippen LogP contribution is -2.11. The molecule has 53 heavy (non-hydrogen) atoms. The van der Waals surface area contributed by atoms with Crippen LogP contribution in [0.25, 0.3) is 33.0 Å². The molecule has 0 radical (unpaired) electrons. The second-order valence-electron chi connectivity index (χ2n) is 14.6. The Balaban J connectivity index is 1.08. The quantitative estimate of drug-likeness (QED) is 0.127. The highest BCUT2D eigenvalue weighted by Crippen LogP contribution is 2.42. The van der Waals surface area contributed by atoms with Gasteiger partial charge in [0.05, 0.1) is 0 Å². The number of hydrogen-bond acceptors (Lipinski definition) is 0. The van der Waals surface area contributed by atoms with E-state index in [2.05, 4.69) is 220 Å². The van der Waals surface area contributed by atoms with Crippen LogP contribution in [0.1, 0.15) is 77.3 Å². The highest BCUT2D eigenvalue weighted by atomic mass is 14.3. The fourth-order valence-electron chi connectivity index (χ4n) is 8.27. The van der Waals surface area contributed by atoms with Gasteiger partial charge < -0.3 is 0 Å². The summed E-state index contributed by atoms with van der Waals surface area (Å²) in [5.74, 6) is 1.18. The summed E-state index contributed by atoms with van der Waals surface area (Å²) < 4.78 is 0. The summed E-state index contributed by atoms with van der Waals surface area (Å²) in [6.45, 7) is 4.79. The molecule has 3 unspecified atom stereocenters. The Bertz CT molecular complexity index is 2270. The number of rotatable bonds is 11. The topological polar surface area (TPSA) is 0 Å². The zero-order valence-corrected chi connectivity index (χ0v) is 30.6. The van der Waals surface area contributed by atoms with Gasteiger partial charge in [0.2, 0.25) is 0 Å². The van der Waals surface area contributed by atoms with Gasteiger partial charge in [-0.3, -0.25) is 0 Å². The minimum absolute atomic E-state index is 0.243. The van der Waals surface area contributed by atoms with Crippen LogP contribution in [-0.4, -0.2) is 0 Å². The van der Waals surface area contributed by atoms with Crippen molar-refractivity contribution in [1.82, 2.24) is 0 Å². The average Bonchev–Trinajstić information content (AvgIpc) is 3.24. The van der Waals surface area contributed by atoms with Crippen LogP contribution in [0.4, 0.5) is 0 Å². The summed E-state index contributed by atoms with van der Waals surface area (Å²) in [7, 11) is 0. The van der Waals surface area contributed by atoms with Crippen molar-refractivity contribution < 1.29 is 0 Å². The van der Waals surface area contributed by atoms with Gasteiger partial charge in [-0.15, -0.1) is 0 Å². The van der Waals surface area contributed by atoms with Crippen molar-refractivity contribution in [2.45, 2.75) is 43.9 Å². The van der Waals surface area contributed by atoms with Gasteiger partial charge >= 0.3 is 0 Å². The summed E-state index contributed by atoms with van der Waals surface area (Å²) in [5.41, 5.74) is 13.2. The number of fused-ring (bicyclic) bond motifs is 1. The van der Waals surface area contributed by atoms with Crippen molar-refractivity contribution in [2.75, 3.05) is 0 Å². The molecule has 0 nitrogen and oxygen atoms in total. The van der Waals surface area contributed by atoms with Crippen LogP contribution in [0.3, 0.4) is 0 Å². The number of benzene rings is 8. The lowest BCUT2D eigenvalue weighted by atomic mass is 9.76. The van der Waals surface area contributed by atoms with Crippen molar-refractivity contribution in [2.24, 2.45) is 0 Å². The highest BCUT2D eigenvalue weighted by molar-refractivity contribution is 5.86. The Kier molecular flexibility index (Phi) is 10.1. The number of hydrogen-bond donors (Lipinski definition) is 0. The van der Waals surface area contributed by atoms with E-state index in [-0.39, 0.29) is 11.8 Å². The van der Waals surface area contributed by atoms with Crippen LogP contribution in [0.15, 0.2) is 206 Å². The van der Waals surface area contributed by atoms with E-state index in [1.54, 1.807) is 0 Å². The molecule has 0 N–H and O–H groups in total. The first-order valence-electron chi connectivity index (χ1n) is 19.1. The zero-order chi connectivity index (χ0) is 36.0. The smallest absolute Gasteiger partial charge is 0.0161 e. The molecule has 0 saturated heterocycles. The Morgan fingerprint density at radius 2 is 0.774 bits per heavy atom. The molecule has 0 amide bonds. The van der Waals surface area contributed by atoms with Crippen molar-refractivity contribution in [3.05, 3.63) is 240 Å². The van der Waals surface area contributed by atoms with E-state index >= 15 is 0 Å². The van der Waals surface area contributed by atoms with Crippen molar-refractivity contribution >= 4 is 10.8 Å². The van der Waals surface area contributed by atoms with E-state index in [0.29, 0.717) is 11.8 Å². The van der Waals surface area contributed by atoms with Crippen molar-refractivity contribution in [3.8, 4) is 22.3 Å². The molecule has 0 aliphatic carbocycles. The van der Waals surface area contributed by atoms with Crippen molar-refractivity contribution in [1.29, 1.82) is 0 Å². The van der Waals surface area contributed by atoms with Gasteiger partial charge in [-0.2, -0.15) is 0 Å². The maximum absolute atomic E-state index is 2.39. The molecule has 258 valence electrons.